The summed E-state index contributed by atoms with van der Waals surface area (Å²) in [5.41, 5.74) is 2.12. The summed E-state index contributed by atoms with van der Waals surface area (Å²) in [4.78, 5) is 8.22. The van der Waals surface area contributed by atoms with Crippen molar-refractivity contribution < 1.29 is 4.74 Å². The second-order valence-corrected chi connectivity index (χ2v) is 3.98. The Hall–Kier alpha value is -2.10. The molecule has 1 aromatic carbocycles. The van der Waals surface area contributed by atoms with E-state index in [1.54, 1.807) is 6.33 Å². The van der Waals surface area contributed by atoms with Gasteiger partial charge in [-0.2, -0.15) is 0 Å². The van der Waals surface area contributed by atoms with Gasteiger partial charge in [-0.15, -0.1) is 0 Å². The molecule has 4 nitrogen and oxygen atoms in total. The minimum Gasteiger partial charge on any atom is -0.494 e. The van der Waals surface area contributed by atoms with Crippen molar-refractivity contribution in [3.05, 3.63) is 47.9 Å². The monoisotopic (exact) mass is 243 g/mol. The molecule has 0 bridgehead atoms. The summed E-state index contributed by atoms with van der Waals surface area (Å²) in [6.45, 7) is 5.33. The highest BCUT2D eigenvalue weighted by Crippen LogP contribution is 2.14. The van der Waals surface area contributed by atoms with Gasteiger partial charge in [0, 0.05) is 18.3 Å². The molecule has 2 aromatic rings. The lowest BCUT2D eigenvalue weighted by molar-refractivity contribution is 0.340. The molecule has 0 aliphatic rings. The van der Waals surface area contributed by atoms with Gasteiger partial charge in [-0.05, 0) is 31.5 Å². The van der Waals surface area contributed by atoms with Crippen LogP contribution in [0.3, 0.4) is 0 Å². The van der Waals surface area contributed by atoms with Gasteiger partial charge < -0.3 is 10.1 Å². The lowest BCUT2D eigenvalue weighted by Gasteiger charge is -2.08. The number of anilines is 1. The van der Waals surface area contributed by atoms with Gasteiger partial charge in [0.05, 0.1) is 6.61 Å². The fraction of sp³-hybridized carbons (Fsp3) is 0.286. The minimum atomic E-state index is 0.683. The molecule has 4 heteroatoms. The summed E-state index contributed by atoms with van der Waals surface area (Å²) in [6.07, 6.45) is 1.56. The normalized spacial score (nSPS) is 10.1. The van der Waals surface area contributed by atoms with Gasteiger partial charge in [0.15, 0.2) is 0 Å². The Labute approximate surface area is 107 Å². The lowest BCUT2D eigenvalue weighted by atomic mass is 10.2. The van der Waals surface area contributed by atoms with Crippen molar-refractivity contribution in [2.75, 3.05) is 11.9 Å². The molecule has 0 atom stereocenters. The van der Waals surface area contributed by atoms with Crippen LogP contribution >= 0.6 is 0 Å². The van der Waals surface area contributed by atoms with Crippen LogP contribution in [0.15, 0.2) is 36.7 Å². The van der Waals surface area contributed by atoms with Crippen LogP contribution in [0.4, 0.5) is 5.82 Å². The van der Waals surface area contributed by atoms with E-state index in [1.165, 1.54) is 0 Å². The lowest BCUT2D eigenvalue weighted by Crippen LogP contribution is -2.02. The standard InChI is InChI=1S/C14H17N3O/c1-3-18-13-6-4-5-12(8-13)9-15-14-7-11(2)16-10-17-14/h4-8,10H,3,9H2,1-2H3,(H,15,16,17). The molecule has 0 radical (unpaired) electrons. The molecular weight excluding hydrogens is 226 g/mol. The van der Waals surface area contributed by atoms with Crippen LogP contribution in [-0.4, -0.2) is 16.6 Å². The highest BCUT2D eigenvalue weighted by Gasteiger charge is 1.98. The van der Waals surface area contributed by atoms with Crippen LogP contribution in [0.2, 0.25) is 0 Å². The Morgan fingerprint density at radius 2 is 2.11 bits per heavy atom. The molecule has 2 rings (SSSR count). The molecule has 0 aliphatic carbocycles. The Balaban J connectivity index is 1.99. The SMILES string of the molecule is CCOc1cccc(CNc2cc(C)ncn2)c1. The molecule has 0 unspecified atom stereocenters. The first-order valence-corrected chi connectivity index (χ1v) is 6.02. The third-order valence-electron chi connectivity index (χ3n) is 2.49. The first-order valence-electron chi connectivity index (χ1n) is 6.02. The molecule has 0 saturated heterocycles. The zero-order valence-corrected chi connectivity index (χ0v) is 10.7. The van der Waals surface area contributed by atoms with E-state index in [0.29, 0.717) is 6.61 Å². The van der Waals surface area contributed by atoms with Crippen molar-refractivity contribution in [3.63, 3.8) is 0 Å². The number of rotatable bonds is 5. The van der Waals surface area contributed by atoms with Gasteiger partial charge in [0.25, 0.3) is 0 Å². The molecule has 0 fully saturated rings. The van der Waals surface area contributed by atoms with Crippen LogP contribution in [0.5, 0.6) is 5.75 Å². The Bertz CT molecular complexity index is 514. The Morgan fingerprint density at radius 3 is 2.89 bits per heavy atom. The average molecular weight is 243 g/mol. The Kier molecular flexibility index (Phi) is 4.12. The first-order chi connectivity index (χ1) is 8.78. The van der Waals surface area contributed by atoms with E-state index in [2.05, 4.69) is 21.4 Å². The van der Waals surface area contributed by atoms with Crippen molar-refractivity contribution in [3.8, 4) is 5.75 Å². The Morgan fingerprint density at radius 1 is 1.22 bits per heavy atom. The maximum absolute atomic E-state index is 5.46. The topological polar surface area (TPSA) is 47.0 Å². The van der Waals surface area contributed by atoms with Crippen molar-refractivity contribution >= 4 is 5.82 Å². The number of nitrogens with zero attached hydrogens (tertiary/aromatic N) is 2. The molecule has 0 spiro atoms. The second-order valence-electron chi connectivity index (χ2n) is 3.98. The molecule has 0 amide bonds. The average Bonchev–Trinajstić information content (AvgIpc) is 2.37. The molecule has 1 aromatic heterocycles. The largest absolute Gasteiger partial charge is 0.494 e. The number of hydrogen-bond donors (Lipinski definition) is 1. The van der Waals surface area contributed by atoms with E-state index in [0.717, 1.165) is 29.4 Å². The van der Waals surface area contributed by atoms with Crippen LogP contribution < -0.4 is 10.1 Å². The highest BCUT2D eigenvalue weighted by atomic mass is 16.5. The molecule has 0 saturated carbocycles. The fourth-order valence-corrected chi connectivity index (χ4v) is 1.66. The zero-order valence-electron chi connectivity index (χ0n) is 10.7. The van der Waals surface area contributed by atoms with E-state index in [4.69, 9.17) is 4.74 Å². The van der Waals surface area contributed by atoms with E-state index >= 15 is 0 Å². The minimum absolute atomic E-state index is 0.683. The maximum Gasteiger partial charge on any atom is 0.129 e. The van der Waals surface area contributed by atoms with Crippen molar-refractivity contribution in [2.24, 2.45) is 0 Å². The van der Waals surface area contributed by atoms with Crippen molar-refractivity contribution in [1.82, 2.24) is 9.97 Å². The second kappa shape index (κ2) is 6.00. The van der Waals surface area contributed by atoms with E-state index in [1.807, 2.05) is 38.1 Å². The number of aryl methyl sites for hydroxylation is 1. The zero-order chi connectivity index (χ0) is 12.8. The van der Waals surface area contributed by atoms with Gasteiger partial charge >= 0.3 is 0 Å². The van der Waals surface area contributed by atoms with Crippen LogP contribution in [0.1, 0.15) is 18.2 Å². The number of hydrogen-bond acceptors (Lipinski definition) is 4. The summed E-state index contributed by atoms with van der Waals surface area (Å²) in [5.74, 6) is 1.74. The molecular formula is C14H17N3O. The molecule has 1 N–H and O–H groups in total. The fourth-order valence-electron chi connectivity index (χ4n) is 1.66. The predicted molar refractivity (Wildman–Crippen MR) is 71.7 cm³/mol. The summed E-state index contributed by atoms with van der Waals surface area (Å²) in [6, 6.07) is 9.97. The molecule has 0 aliphatic heterocycles. The van der Waals surface area contributed by atoms with Gasteiger partial charge in [-0.1, -0.05) is 12.1 Å². The predicted octanol–water partition coefficient (Wildman–Crippen LogP) is 2.80. The number of benzene rings is 1. The quantitative estimate of drug-likeness (QED) is 0.877. The molecule has 1 heterocycles. The third-order valence-corrected chi connectivity index (χ3v) is 2.49. The van der Waals surface area contributed by atoms with E-state index < -0.39 is 0 Å². The van der Waals surface area contributed by atoms with Crippen LogP contribution in [0.25, 0.3) is 0 Å². The van der Waals surface area contributed by atoms with Gasteiger partial charge in [0.1, 0.15) is 17.9 Å². The molecule has 94 valence electrons. The highest BCUT2D eigenvalue weighted by molar-refractivity contribution is 5.37. The number of aromatic nitrogens is 2. The smallest absolute Gasteiger partial charge is 0.129 e. The van der Waals surface area contributed by atoms with Crippen LogP contribution in [0, 0.1) is 6.92 Å². The molecule has 18 heavy (non-hydrogen) atoms. The summed E-state index contributed by atoms with van der Waals surface area (Å²) in [7, 11) is 0. The third kappa shape index (κ3) is 3.45. The van der Waals surface area contributed by atoms with Crippen LogP contribution in [-0.2, 0) is 6.54 Å². The van der Waals surface area contributed by atoms with E-state index in [-0.39, 0.29) is 0 Å². The number of nitrogens with one attached hydrogen (secondary N) is 1. The van der Waals surface area contributed by atoms with Gasteiger partial charge in [0.2, 0.25) is 0 Å². The number of ether oxygens (including phenoxy) is 1. The van der Waals surface area contributed by atoms with Gasteiger partial charge in [-0.3, -0.25) is 0 Å². The maximum atomic E-state index is 5.46. The van der Waals surface area contributed by atoms with Crippen molar-refractivity contribution in [1.29, 1.82) is 0 Å². The summed E-state index contributed by atoms with van der Waals surface area (Å²) in [5, 5.41) is 3.26. The van der Waals surface area contributed by atoms with Gasteiger partial charge in [-0.25, -0.2) is 9.97 Å². The summed E-state index contributed by atoms with van der Waals surface area (Å²) >= 11 is 0. The first kappa shape index (κ1) is 12.4. The van der Waals surface area contributed by atoms with E-state index in [9.17, 15) is 0 Å². The van der Waals surface area contributed by atoms with Crippen molar-refractivity contribution in [2.45, 2.75) is 20.4 Å². The summed E-state index contributed by atoms with van der Waals surface area (Å²) < 4.78 is 5.46.